The van der Waals surface area contributed by atoms with E-state index in [0.29, 0.717) is 17.5 Å². The van der Waals surface area contributed by atoms with Crippen LogP contribution in [0.5, 0.6) is 0 Å². The lowest BCUT2D eigenvalue weighted by molar-refractivity contribution is 0.660. The molecule has 0 saturated carbocycles. The number of fused-ring (bicyclic) bond motifs is 6. The lowest BCUT2D eigenvalue weighted by atomic mass is 9.82. The summed E-state index contributed by atoms with van der Waals surface area (Å²) in [7, 11) is 0. The van der Waals surface area contributed by atoms with E-state index >= 15 is 0 Å². The minimum atomic E-state index is -0.0771. The van der Waals surface area contributed by atoms with E-state index in [1.165, 1.54) is 22.3 Å². The summed E-state index contributed by atoms with van der Waals surface area (Å²) in [6.45, 7) is 4.64. The number of hydrogen-bond acceptors (Lipinski definition) is 5. The van der Waals surface area contributed by atoms with E-state index in [-0.39, 0.29) is 5.41 Å². The SMILES string of the molecule is CC1(C)c2ccccc2-c2cc(-c3cc(-c4ccc(-c5ccncc5)cc4)cc(-c4nc(-c5ccccc5)nc(-c5cccc6oc7ccccc7c56)n4)c3)ccc21. The molecule has 0 fully saturated rings. The van der Waals surface area contributed by atoms with Crippen LogP contribution in [0, 0.1) is 0 Å². The average Bonchev–Trinajstić information content (AvgIpc) is 3.78. The summed E-state index contributed by atoms with van der Waals surface area (Å²) in [6, 6.07) is 59.6. The molecule has 58 heavy (non-hydrogen) atoms. The maximum Gasteiger partial charge on any atom is 0.164 e. The maximum absolute atomic E-state index is 6.30. The third-order valence-corrected chi connectivity index (χ3v) is 11.7. The van der Waals surface area contributed by atoms with Crippen LogP contribution in [0.15, 0.2) is 187 Å². The van der Waals surface area contributed by atoms with E-state index in [2.05, 4.69) is 116 Å². The van der Waals surface area contributed by atoms with Gasteiger partial charge in [0, 0.05) is 45.3 Å². The van der Waals surface area contributed by atoms with Crippen molar-refractivity contribution in [2.75, 3.05) is 0 Å². The van der Waals surface area contributed by atoms with Crippen molar-refractivity contribution >= 4 is 21.9 Å². The molecule has 0 amide bonds. The molecule has 11 rings (SSSR count). The summed E-state index contributed by atoms with van der Waals surface area (Å²) in [6.07, 6.45) is 3.66. The Morgan fingerprint density at radius 1 is 0.379 bits per heavy atom. The molecule has 0 aliphatic heterocycles. The number of benzene rings is 7. The van der Waals surface area contributed by atoms with Gasteiger partial charge in [0.25, 0.3) is 0 Å². The van der Waals surface area contributed by atoms with Crippen LogP contribution >= 0.6 is 0 Å². The molecule has 0 atom stereocenters. The van der Waals surface area contributed by atoms with Gasteiger partial charge in [-0.1, -0.05) is 135 Å². The van der Waals surface area contributed by atoms with Gasteiger partial charge >= 0.3 is 0 Å². The van der Waals surface area contributed by atoms with Crippen molar-refractivity contribution in [1.29, 1.82) is 0 Å². The fourth-order valence-electron chi connectivity index (χ4n) is 8.69. The van der Waals surface area contributed by atoms with Crippen molar-refractivity contribution < 1.29 is 4.42 Å². The Balaban J connectivity index is 1.13. The van der Waals surface area contributed by atoms with Crippen molar-refractivity contribution in [3.05, 3.63) is 193 Å². The Morgan fingerprint density at radius 3 is 1.76 bits per heavy atom. The van der Waals surface area contributed by atoms with Gasteiger partial charge in [-0.05, 0) is 104 Å². The van der Waals surface area contributed by atoms with E-state index in [4.69, 9.17) is 19.4 Å². The molecule has 0 radical (unpaired) electrons. The molecule has 10 aromatic rings. The minimum absolute atomic E-state index is 0.0771. The number of nitrogens with zero attached hydrogens (tertiary/aromatic N) is 4. The fourth-order valence-corrected chi connectivity index (χ4v) is 8.69. The van der Waals surface area contributed by atoms with Crippen molar-refractivity contribution in [3.8, 4) is 78.7 Å². The third-order valence-electron chi connectivity index (χ3n) is 11.7. The third kappa shape index (κ3) is 5.62. The monoisotopic (exact) mass is 744 g/mol. The standard InChI is InChI=1S/C53H36N4O/c1-53(2)45-16-8-6-13-41(45)44-32-37(23-24-46(44)53)39-29-38(34-21-19-33(20-22-34)35-25-27-54-28-26-35)30-40(31-39)51-55-50(36-11-4-3-5-12-36)56-52(57-51)43-15-10-18-48-49(43)42-14-7-9-17-47(42)58-48/h3-32H,1-2H3. The number of aromatic nitrogens is 4. The summed E-state index contributed by atoms with van der Waals surface area (Å²) < 4.78 is 6.30. The second kappa shape index (κ2) is 13.3. The molecule has 1 aliphatic carbocycles. The van der Waals surface area contributed by atoms with Crippen LogP contribution in [0.2, 0.25) is 0 Å². The molecule has 5 heteroatoms. The van der Waals surface area contributed by atoms with E-state index < -0.39 is 0 Å². The zero-order valence-electron chi connectivity index (χ0n) is 32.0. The van der Waals surface area contributed by atoms with Gasteiger partial charge in [0.15, 0.2) is 17.5 Å². The van der Waals surface area contributed by atoms with Gasteiger partial charge in [-0.3, -0.25) is 4.98 Å². The molecule has 274 valence electrons. The molecule has 3 heterocycles. The Bertz CT molecular complexity index is 3190. The molecule has 3 aromatic heterocycles. The number of para-hydroxylation sites is 1. The predicted octanol–water partition coefficient (Wildman–Crippen LogP) is 13.5. The van der Waals surface area contributed by atoms with Gasteiger partial charge in [-0.2, -0.15) is 0 Å². The number of furan rings is 1. The number of rotatable bonds is 6. The topological polar surface area (TPSA) is 64.7 Å². The minimum Gasteiger partial charge on any atom is -0.456 e. The molecular formula is C53H36N4O. The molecule has 1 aliphatic rings. The van der Waals surface area contributed by atoms with Gasteiger partial charge < -0.3 is 4.42 Å². The van der Waals surface area contributed by atoms with Crippen molar-refractivity contribution in [1.82, 2.24) is 19.9 Å². The van der Waals surface area contributed by atoms with Crippen LogP contribution in [0.25, 0.3) is 101 Å². The molecule has 0 spiro atoms. The highest BCUT2D eigenvalue weighted by atomic mass is 16.3. The largest absolute Gasteiger partial charge is 0.456 e. The summed E-state index contributed by atoms with van der Waals surface area (Å²) >= 11 is 0. The van der Waals surface area contributed by atoms with Crippen LogP contribution in [-0.2, 0) is 5.41 Å². The fraction of sp³-hybridized carbons (Fsp3) is 0.0566. The van der Waals surface area contributed by atoms with E-state index in [1.54, 1.807) is 0 Å². The second-order valence-corrected chi connectivity index (χ2v) is 15.5. The smallest absolute Gasteiger partial charge is 0.164 e. The first-order valence-corrected chi connectivity index (χ1v) is 19.6. The zero-order valence-corrected chi connectivity index (χ0v) is 32.0. The van der Waals surface area contributed by atoms with Gasteiger partial charge in [-0.15, -0.1) is 0 Å². The first kappa shape index (κ1) is 33.8. The number of hydrogen-bond donors (Lipinski definition) is 0. The molecule has 0 saturated heterocycles. The zero-order chi connectivity index (χ0) is 38.8. The van der Waals surface area contributed by atoms with Gasteiger partial charge in [0.05, 0.1) is 0 Å². The first-order chi connectivity index (χ1) is 28.5. The van der Waals surface area contributed by atoms with Crippen LogP contribution in [0.4, 0.5) is 0 Å². The quantitative estimate of drug-likeness (QED) is 0.170. The van der Waals surface area contributed by atoms with Crippen LogP contribution in [0.1, 0.15) is 25.0 Å². The molecular weight excluding hydrogens is 709 g/mol. The Hall–Kier alpha value is -7.50. The van der Waals surface area contributed by atoms with Gasteiger partial charge in [0.2, 0.25) is 0 Å². The Morgan fingerprint density at radius 2 is 0.948 bits per heavy atom. The molecule has 0 unspecified atom stereocenters. The van der Waals surface area contributed by atoms with E-state index in [1.807, 2.05) is 85.2 Å². The van der Waals surface area contributed by atoms with E-state index in [9.17, 15) is 0 Å². The van der Waals surface area contributed by atoms with Gasteiger partial charge in [-0.25, -0.2) is 15.0 Å². The van der Waals surface area contributed by atoms with Crippen molar-refractivity contribution in [3.63, 3.8) is 0 Å². The summed E-state index contributed by atoms with van der Waals surface area (Å²) in [5.41, 5.74) is 16.2. The Labute approximate surface area is 336 Å². The summed E-state index contributed by atoms with van der Waals surface area (Å²) in [5, 5.41) is 2.01. The van der Waals surface area contributed by atoms with Crippen LogP contribution in [-0.4, -0.2) is 19.9 Å². The second-order valence-electron chi connectivity index (χ2n) is 15.5. The molecule has 5 nitrogen and oxygen atoms in total. The van der Waals surface area contributed by atoms with Crippen LogP contribution < -0.4 is 0 Å². The normalized spacial score (nSPS) is 12.8. The average molecular weight is 745 g/mol. The van der Waals surface area contributed by atoms with Crippen molar-refractivity contribution in [2.45, 2.75) is 19.3 Å². The van der Waals surface area contributed by atoms with Crippen LogP contribution in [0.3, 0.4) is 0 Å². The molecule has 0 bridgehead atoms. The highest BCUT2D eigenvalue weighted by molar-refractivity contribution is 6.11. The number of pyridine rings is 1. The lowest BCUT2D eigenvalue weighted by Crippen LogP contribution is -2.14. The highest BCUT2D eigenvalue weighted by Crippen LogP contribution is 2.50. The first-order valence-electron chi connectivity index (χ1n) is 19.6. The summed E-state index contributed by atoms with van der Waals surface area (Å²) in [5.74, 6) is 1.79. The highest BCUT2D eigenvalue weighted by Gasteiger charge is 2.35. The summed E-state index contributed by atoms with van der Waals surface area (Å²) in [4.78, 5) is 19.9. The van der Waals surface area contributed by atoms with E-state index in [0.717, 1.165) is 72.0 Å². The maximum atomic E-state index is 6.30. The van der Waals surface area contributed by atoms with Crippen molar-refractivity contribution in [2.24, 2.45) is 0 Å². The molecule has 7 aromatic carbocycles. The van der Waals surface area contributed by atoms with Gasteiger partial charge in [0.1, 0.15) is 11.2 Å². The lowest BCUT2D eigenvalue weighted by Gasteiger charge is -2.21. The Kier molecular flexibility index (Phi) is 7.76. The molecule has 0 N–H and O–H groups in total. The predicted molar refractivity (Wildman–Crippen MR) is 235 cm³/mol.